The molecule has 0 spiro atoms. The summed E-state index contributed by atoms with van der Waals surface area (Å²) in [6, 6.07) is 5.42. The number of piperidine rings is 1. The fraction of sp³-hybridized carbons (Fsp3) is 0.696. The van der Waals surface area contributed by atoms with Crippen molar-refractivity contribution in [2.24, 2.45) is 11.8 Å². The fourth-order valence-electron chi connectivity index (χ4n) is 4.72. The van der Waals surface area contributed by atoms with Gasteiger partial charge in [-0.15, -0.1) is 0 Å². The van der Waals surface area contributed by atoms with E-state index in [4.69, 9.17) is 0 Å². The van der Waals surface area contributed by atoms with Crippen LogP contribution >= 0.6 is 15.9 Å². The van der Waals surface area contributed by atoms with Gasteiger partial charge in [-0.05, 0) is 107 Å². The van der Waals surface area contributed by atoms with Crippen LogP contribution < -0.4 is 5.32 Å². The minimum Gasteiger partial charge on any atom is -0.353 e. The maximum atomic E-state index is 13.5. The van der Waals surface area contributed by atoms with Gasteiger partial charge in [0.25, 0.3) is 0 Å². The van der Waals surface area contributed by atoms with Gasteiger partial charge in [-0.1, -0.05) is 22.9 Å². The van der Waals surface area contributed by atoms with Crippen LogP contribution in [0.25, 0.3) is 0 Å². The van der Waals surface area contributed by atoms with Crippen LogP contribution in [0.5, 0.6) is 0 Å². The van der Waals surface area contributed by atoms with Crippen LogP contribution in [-0.2, 0) is 11.2 Å². The van der Waals surface area contributed by atoms with Gasteiger partial charge in [0.1, 0.15) is 5.82 Å². The highest BCUT2D eigenvalue weighted by molar-refractivity contribution is 9.10. The highest BCUT2D eigenvalue weighted by Gasteiger charge is 2.24. The molecule has 1 N–H and O–H groups in total. The summed E-state index contributed by atoms with van der Waals surface area (Å²) in [5.74, 6) is 1.53. The van der Waals surface area contributed by atoms with Crippen molar-refractivity contribution in [3.05, 3.63) is 34.1 Å². The monoisotopic (exact) mass is 452 g/mol. The van der Waals surface area contributed by atoms with Gasteiger partial charge >= 0.3 is 0 Å². The Kier molecular flexibility index (Phi) is 8.34. The molecule has 1 aromatic carbocycles. The van der Waals surface area contributed by atoms with Crippen molar-refractivity contribution < 1.29 is 9.18 Å². The van der Waals surface area contributed by atoms with Gasteiger partial charge in [-0.25, -0.2) is 4.39 Å². The average molecular weight is 453 g/mol. The van der Waals surface area contributed by atoms with E-state index >= 15 is 0 Å². The third kappa shape index (κ3) is 6.55. The molecule has 28 heavy (non-hydrogen) atoms. The maximum Gasteiger partial charge on any atom is 0.219 e. The first-order chi connectivity index (χ1) is 13.5. The van der Waals surface area contributed by atoms with Crippen LogP contribution in [0.15, 0.2) is 22.7 Å². The van der Waals surface area contributed by atoms with Crippen molar-refractivity contribution in [1.29, 1.82) is 0 Å². The molecule has 5 heteroatoms. The number of hydrogen-bond donors (Lipinski definition) is 1. The topological polar surface area (TPSA) is 32.3 Å². The van der Waals surface area contributed by atoms with Crippen molar-refractivity contribution in [2.75, 3.05) is 19.6 Å². The highest BCUT2D eigenvalue weighted by atomic mass is 79.9. The van der Waals surface area contributed by atoms with Crippen LogP contribution in [0.4, 0.5) is 4.39 Å². The molecule has 0 bridgehead atoms. The minimum atomic E-state index is -0.139. The van der Waals surface area contributed by atoms with E-state index in [1.165, 1.54) is 57.8 Å². The summed E-state index contributed by atoms with van der Waals surface area (Å²) in [4.78, 5) is 14.1. The first-order valence-electron chi connectivity index (χ1n) is 11.0. The van der Waals surface area contributed by atoms with E-state index < -0.39 is 0 Å². The molecule has 0 unspecified atom stereocenters. The van der Waals surface area contributed by atoms with E-state index in [0.717, 1.165) is 35.2 Å². The second-order valence-corrected chi connectivity index (χ2v) is 9.51. The van der Waals surface area contributed by atoms with Crippen molar-refractivity contribution in [2.45, 2.75) is 70.8 Å². The molecular formula is C23H34BrFN2O. The minimum absolute atomic E-state index is 0.139. The molecule has 2 aliphatic rings. The number of likely N-dealkylation sites (tertiary alicyclic amines) is 1. The largest absolute Gasteiger partial charge is 0.353 e. The molecule has 0 aromatic heterocycles. The number of hydrogen-bond acceptors (Lipinski definition) is 2. The summed E-state index contributed by atoms with van der Waals surface area (Å²) in [5.41, 5.74) is 1.10. The van der Waals surface area contributed by atoms with Gasteiger partial charge in [0.05, 0.1) is 0 Å². The van der Waals surface area contributed by atoms with E-state index in [0.29, 0.717) is 18.4 Å². The van der Waals surface area contributed by atoms with Gasteiger partial charge < -0.3 is 10.2 Å². The van der Waals surface area contributed by atoms with Gasteiger partial charge in [0.2, 0.25) is 5.91 Å². The molecule has 0 atom stereocenters. The zero-order valence-corrected chi connectivity index (χ0v) is 18.6. The Morgan fingerprint density at radius 3 is 2.54 bits per heavy atom. The fourth-order valence-corrected chi connectivity index (χ4v) is 5.12. The number of nitrogens with zero attached hydrogens (tertiary/aromatic N) is 1. The predicted octanol–water partition coefficient (Wildman–Crippen LogP) is 5.32. The molecule has 1 aromatic rings. The first-order valence-corrected chi connectivity index (χ1v) is 11.8. The quantitative estimate of drug-likeness (QED) is 0.606. The molecule has 1 saturated carbocycles. The molecule has 1 heterocycles. The summed E-state index contributed by atoms with van der Waals surface area (Å²) in [5, 5.41) is 3.15. The Morgan fingerprint density at radius 2 is 1.86 bits per heavy atom. The average Bonchev–Trinajstić information content (AvgIpc) is 2.71. The molecule has 2 fully saturated rings. The first kappa shape index (κ1) is 21.8. The van der Waals surface area contributed by atoms with Crippen molar-refractivity contribution in [3.63, 3.8) is 0 Å². The van der Waals surface area contributed by atoms with E-state index in [2.05, 4.69) is 26.1 Å². The van der Waals surface area contributed by atoms with Crippen molar-refractivity contribution >= 4 is 21.8 Å². The summed E-state index contributed by atoms with van der Waals surface area (Å²) < 4.78 is 14.5. The van der Waals surface area contributed by atoms with Crippen LogP contribution in [0.3, 0.4) is 0 Å². The Balaban J connectivity index is 1.33. The maximum absolute atomic E-state index is 13.5. The Labute approximate surface area is 177 Å². The molecule has 156 valence electrons. The number of halogens is 2. The highest BCUT2D eigenvalue weighted by Crippen LogP contribution is 2.29. The lowest BCUT2D eigenvalue weighted by Crippen LogP contribution is -2.38. The number of rotatable bonds is 7. The molecule has 3 rings (SSSR count). The lowest BCUT2D eigenvalue weighted by atomic mass is 9.83. The lowest BCUT2D eigenvalue weighted by molar-refractivity contribution is -0.121. The van der Waals surface area contributed by atoms with Gasteiger partial charge in [0, 0.05) is 16.9 Å². The molecule has 1 saturated heterocycles. The molecule has 3 nitrogen and oxygen atoms in total. The summed E-state index contributed by atoms with van der Waals surface area (Å²) in [6.45, 7) is 5.45. The smallest absolute Gasteiger partial charge is 0.219 e. The van der Waals surface area contributed by atoms with Crippen LogP contribution in [-0.4, -0.2) is 36.5 Å². The molecular weight excluding hydrogens is 419 g/mol. The van der Waals surface area contributed by atoms with E-state index in [-0.39, 0.29) is 11.7 Å². The number of carbonyl (C=O) groups excluding carboxylic acids is 1. The molecule has 1 aliphatic heterocycles. The van der Waals surface area contributed by atoms with Gasteiger partial charge in [-0.3, -0.25) is 4.79 Å². The normalized spacial score (nSPS) is 24.2. The number of carbonyl (C=O) groups is 1. The standard InChI is InChI=1S/C23H34BrFN2O/c1-2-23(28)26-21-6-3-17(4-7-21)9-12-27-13-10-18(11-14-27)15-19-16-20(25)5-8-22(19)24/h5,8,16-18,21H,2-4,6-7,9-15H2,1H3,(H,26,28). The van der Waals surface area contributed by atoms with Crippen LogP contribution in [0, 0.1) is 17.7 Å². The second kappa shape index (κ2) is 10.7. The van der Waals surface area contributed by atoms with Crippen molar-refractivity contribution in [1.82, 2.24) is 10.2 Å². The van der Waals surface area contributed by atoms with E-state index in [1.807, 2.05) is 13.0 Å². The number of amides is 1. The third-order valence-corrected chi connectivity index (χ3v) is 7.38. The van der Waals surface area contributed by atoms with Crippen molar-refractivity contribution in [3.8, 4) is 0 Å². The molecule has 0 radical (unpaired) electrons. The van der Waals surface area contributed by atoms with Gasteiger partial charge in [-0.2, -0.15) is 0 Å². The lowest BCUT2D eigenvalue weighted by Gasteiger charge is -2.34. The van der Waals surface area contributed by atoms with E-state index in [9.17, 15) is 9.18 Å². The summed E-state index contributed by atoms with van der Waals surface area (Å²) >= 11 is 3.56. The summed E-state index contributed by atoms with van der Waals surface area (Å²) in [7, 11) is 0. The predicted molar refractivity (Wildman–Crippen MR) is 116 cm³/mol. The number of nitrogens with one attached hydrogen (secondary N) is 1. The molecule has 1 amide bonds. The number of benzene rings is 1. The summed E-state index contributed by atoms with van der Waals surface area (Å²) in [6.07, 6.45) is 10.0. The van der Waals surface area contributed by atoms with E-state index in [1.54, 1.807) is 6.07 Å². The van der Waals surface area contributed by atoms with Crippen LogP contribution in [0.1, 0.15) is 63.9 Å². The second-order valence-electron chi connectivity index (χ2n) is 8.65. The Hall–Kier alpha value is -0.940. The van der Waals surface area contributed by atoms with Gasteiger partial charge in [0.15, 0.2) is 0 Å². The Morgan fingerprint density at radius 1 is 1.14 bits per heavy atom. The SMILES string of the molecule is CCC(=O)NC1CCC(CCN2CCC(Cc3cc(F)ccc3Br)CC2)CC1. The zero-order chi connectivity index (χ0) is 19.9. The Bertz CT molecular complexity index is 637. The van der Waals surface area contributed by atoms with Crippen LogP contribution in [0.2, 0.25) is 0 Å². The third-order valence-electron chi connectivity index (χ3n) is 6.61. The zero-order valence-electron chi connectivity index (χ0n) is 17.1. The molecule has 1 aliphatic carbocycles.